The van der Waals surface area contributed by atoms with E-state index >= 15 is 0 Å². The first-order chi connectivity index (χ1) is 34.2. The molecule has 0 saturated heterocycles. The minimum atomic E-state index is -1.22. The third-order valence-corrected chi connectivity index (χ3v) is 8.49. The number of amides is 1. The molecule has 420 valence electrons. The van der Waals surface area contributed by atoms with Crippen LogP contribution < -0.4 is 11.1 Å². The quantitative estimate of drug-likeness (QED) is 0.0497. The lowest BCUT2D eigenvalue weighted by molar-refractivity contribution is -0.157. The van der Waals surface area contributed by atoms with Crippen molar-refractivity contribution in [2.24, 2.45) is 5.73 Å². The van der Waals surface area contributed by atoms with Crippen molar-refractivity contribution in [3.05, 3.63) is 0 Å². The maximum Gasteiger partial charge on any atom is 0.308 e. The lowest BCUT2D eigenvalue weighted by atomic mass is 10.0. The Labute approximate surface area is 422 Å². The largest absolute Gasteiger partial charge is 0.460 e. The topological polar surface area (TPSA) is 263 Å². The first kappa shape index (κ1) is 68.4. The van der Waals surface area contributed by atoms with Gasteiger partial charge in [-0.2, -0.15) is 0 Å². The summed E-state index contributed by atoms with van der Waals surface area (Å²) in [5, 5.41) is 2.94. The number of hydrogen-bond donors (Lipinski definition) is 2. The maximum absolute atomic E-state index is 13.2. The van der Waals surface area contributed by atoms with Crippen LogP contribution >= 0.6 is 0 Å². The zero-order chi connectivity index (χ0) is 52.4. The fraction of sp³-hybridized carbons (Fsp3) is 0.917. The lowest BCUT2D eigenvalue weighted by Gasteiger charge is -2.34. The summed E-state index contributed by atoms with van der Waals surface area (Å²) < 4.78 is 93.8. The number of nitrogens with one attached hydrogen (secondary N) is 1. The second kappa shape index (κ2) is 48.4. The lowest BCUT2D eigenvalue weighted by Crippen LogP contribution is -2.59. The summed E-state index contributed by atoms with van der Waals surface area (Å²) in [6, 6.07) is 0. The van der Waals surface area contributed by atoms with Crippen molar-refractivity contribution in [2.75, 3.05) is 205 Å². The van der Waals surface area contributed by atoms with E-state index in [0.717, 1.165) is 6.29 Å². The van der Waals surface area contributed by atoms with Crippen LogP contribution in [0.2, 0.25) is 0 Å². The fourth-order valence-corrected chi connectivity index (χ4v) is 5.39. The molecule has 0 aromatic carbocycles. The van der Waals surface area contributed by atoms with Gasteiger partial charge in [0.15, 0.2) is 0 Å². The Bertz CT molecular complexity index is 1200. The number of hydrogen-bond acceptors (Lipinski definition) is 22. The van der Waals surface area contributed by atoms with Gasteiger partial charge in [-0.3, -0.25) is 14.4 Å². The van der Waals surface area contributed by atoms with Crippen molar-refractivity contribution in [1.82, 2.24) is 5.32 Å². The second-order valence-electron chi connectivity index (χ2n) is 17.5. The van der Waals surface area contributed by atoms with Crippen LogP contribution in [-0.4, -0.2) is 246 Å². The van der Waals surface area contributed by atoms with Gasteiger partial charge in [-0.15, -0.1) is 0 Å². The molecule has 0 bridgehead atoms. The van der Waals surface area contributed by atoms with Crippen molar-refractivity contribution in [2.45, 2.75) is 84.0 Å². The Morgan fingerprint density at radius 1 is 0.366 bits per heavy atom. The predicted molar refractivity (Wildman–Crippen MR) is 258 cm³/mol. The molecule has 0 aliphatic heterocycles. The third-order valence-electron chi connectivity index (χ3n) is 8.49. The van der Waals surface area contributed by atoms with E-state index in [1.54, 1.807) is 41.5 Å². The highest BCUT2D eigenvalue weighted by Gasteiger charge is 2.34. The Morgan fingerprint density at radius 3 is 0.887 bits per heavy atom. The van der Waals surface area contributed by atoms with E-state index < -0.39 is 28.7 Å². The van der Waals surface area contributed by atoms with Crippen LogP contribution in [0, 0.1) is 0 Å². The van der Waals surface area contributed by atoms with Crippen LogP contribution in [0.25, 0.3) is 0 Å². The van der Waals surface area contributed by atoms with Crippen LogP contribution in [0.3, 0.4) is 0 Å². The zero-order valence-electron chi connectivity index (χ0n) is 44.0. The molecular weight excluding hydrogens is 941 g/mol. The van der Waals surface area contributed by atoms with Gasteiger partial charge in [0.05, 0.1) is 211 Å². The minimum Gasteiger partial charge on any atom is -0.460 e. The normalized spacial score (nSPS) is 12.1. The molecule has 0 aromatic heterocycles. The summed E-state index contributed by atoms with van der Waals surface area (Å²) in [5.74, 6) is -1.24. The van der Waals surface area contributed by atoms with E-state index in [-0.39, 0.29) is 84.4 Å². The second-order valence-corrected chi connectivity index (χ2v) is 17.5. The van der Waals surface area contributed by atoms with Crippen LogP contribution in [0.5, 0.6) is 0 Å². The van der Waals surface area contributed by atoms with Gasteiger partial charge in [-0.05, 0) is 41.5 Å². The highest BCUT2D eigenvalue weighted by atomic mass is 16.6. The van der Waals surface area contributed by atoms with Crippen molar-refractivity contribution < 1.29 is 99.7 Å². The molecule has 0 radical (unpaired) electrons. The maximum atomic E-state index is 13.2. The number of rotatable bonds is 54. The molecule has 0 heterocycles. The predicted octanol–water partition coefficient (Wildman–Crippen LogP) is 1.49. The molecule has 23 nitrogen and oxygen atoms in total. The van der Waals surface area contributed by atoms with Gasteiger partial charge in [0.1, 0.15) is 23.0 Å². The summed E-state index contributed by atoms with van der Waals surface area (Å²) in [4.78, 5) is 48.6. The molecule has 0 aromatic rings. The molecule has 3 N–H and O–H groups in total. The Balaban J connectivity index is 4.01. The molecule has 0 rings (SSSR count). The van der Waals surface area contributed by atoms with E-state index in [9.17, 15) is 19.2 Å². The smallest absolute Gasteiger partial charge is 0.308 e. The molecule has 0 aliphatic rings. The average molecular weight is 1030 g/mol. The SMILES string of the molecule is CC(C)(C)OC(=O)CCOCC(COCCC=O)(COCCC(=O)OC(C)(C)C)NC(=O)CCOCCOCCOCCOCCOCCOCCOCCOCCOCCOCCOCCOCCN. The summed E-state index contributed by atoms with van der Waals surface area (Å²) in [7, 11) is 0. The van der Waals surface area contributed by atoms with Gasteiger partial charge < -0.3 is 96.4 Å². The van der Waals surface area contributed by atoms with Crippen molar-refractivity contribution in [3.63, 3.8) is 0 Å². The molecule has 0 spiro atoms. The summed E-state index contributed by atoms with van der Waals surface area (Å²) in [5.41, 5.74) is 2.83. The molecule has 0 fully saturated rings. The van der Waals surface area contributed by atoms with E-state index in [0.29, 0.717) is 152 Å². The monoisotopic (exact) mass is 1030 g/mol. The van der Waals surface area contributed by atoms with Crippen molar-refractivity contribution in [1.29, 1.82) is 0 Å². The number of carbonyl (C=O) groups is 4. The molecule has 1 amide bonds. The molecule has 0 unspecified atom stereocenters. The minimum absolute atomic E-state index is 0.00366. The van der Waals surface area contributed by atoms with E-state index in [1.165, 1.54) is 0 Å². The number of nitrogens with two attached hydrogens (primary N) is 1. The van der Waals surface area contributed by atoms with Gasteiger partial charge in [0, 0.05) is 19.4 Å². The standard InChI is InChI=1S/C48H92N2O21/c1-46(2,3)70-44(53)9-15-68-41-48(40-67-13-7-12-51,42-69-16-10-45(54)71-47(4,5)6)50-43(52)8-14-55-18-20-57-22-24-59-26-28-61-30-32-63-34-36-65-38-39-66-37-35-64-33-31-62-29-27-60-25-23-58-21-19-56-17-11-49/h12H,7-11,13-42,49H2,1-6H3,(H,50,52). The average Bonchev–Trinajstić information content (AvgIpc) is 3.30. The van der Waals surface area contributed by atoms with Gasteiger partial charge in [-0.1, -0.05) is 0 Å². The highest BCUT2D eigenvalue weighted by Crippen LogP contribution is 2.13. The number of ether oxygens (including phenoxy) is 17. The molecule has 0 aliphatic carbocycles. The van der Waals surface area contributed by atoms with Crippen LogP contribution in [0.1, 0.15) is 67.2 Å². The first-order valence-electron chi connectivity index (χ1n) is 24.8. The van der Waals surface area contributed by atoms with Gasteiger partial charge in [0.25, 0.3) is 0 Å². The first-order valence-corrected chi connectivity index (χ1v) is 24.8. The van der Waals surface area contributed by atoms with Gasteiger partial charge >= 0.3 is 11.9 Å². The molecular formula is C48H92N2O21. The number of esters is 2. The Morgan fingerprint density at radius 2 is 0.620 bits per heavy atom. The summed E-state index contributed by atoms with van der Waals surface area (Å²) in [6.07, 6.45) is 0.843. The van der Waals surface area contributed by atoms with E-state index in [2.05, 4.69) is 5.32 Å². The van der Waals surface area contributed by atoms with Crippen LogP contribution in [0.15, 0.2) is 0 Å². The van der Waals surface area contributed by atoms with Crippen molar-refractivity contribution >= 4 is 24.1 Å². The van der Waals surface area contributed by atoms with E-state index in [1.807, 2.05) is 0 Å². The number of carbonyl (C=O) groups excluding carboxylic acids is 4. The fourth-order valence-electron chi connectivity index (χ4n) is 5.39. The highest BCUT2D eigenvalue weighted by molar-refractivity contribution is 5.77. The Kier molecular flexibility index (Phi) is 46.6. The number of aldehydes is 1. The van der Waals surface area contributed by atoms with E-state index in [4.69, 9.17) is 86.3 Å². The van der Waals surface area contributed by atoms with Gasteiger partial charge in [0.2, 0.25) is 5.91 Å². The molecule has 23 heteroatoms. The molecule has 71 heavy (non-hydrogen) atoms. The molecule has 0 saturated carbocycles. The Hall–Kier alpha value is -2.56. The summed E-state index contributed by atoms with van der Waals surface area (Å²) >= 11 is 0. The zero-order valence-corrected chi connectivity index (χ0v) is 44.0. The van der Waals surface area contributed by atoms with Crippen LogP contribution in [0.4, 0.5) is 0 Å². The molecule has 0 atom stereocenters. The van der Waals surface area contributed by atoms with Crippen LogP contribution in [-0.2, 0) is 99.7 Å². The third kappa shape index (κ3) is 52.1. The van der Waals surface area contributed by atoms with Crippen molar-refractivity contribution in [3.8, 4) is 0 Å². The van der Waals surface area contributed by atoms with Gasteiger partial charge in [-0.25, -0.2) is 0 Å². The summed E-state index contributed by atoms with van der Waals surface area (Å²) in [6.45, 7) is 21.5.